The van der Waals surface area contributed by atoms with Gasteiger partial charge in [0.25, 0.3) is 6.43 Å². The smallest absolute Gasteiger partial charge is 0.264 e. The predicted octanol–water partition coefficient (Wildman–Crippen LogP) is 3.07. The second-order valence-corrected chi connectivity index (χ2v) is 5.39. The van der Waals surface area contributed by atoms with Gasteiger partial charge >= 0.3 is 0 Å². The average molecular weight is 206 g/mol. The molecule has 0 aromatic heterocycles. The third-order valence-corrected chi connectivity index (χ3v) is 3.38. The highest BCUT2D eigenvalue weighted by atomic mass is 19.3. The number of aliphatic hydroxyl groups excluding tert-OH is 1. The van der Waals surface area contributed by atoms with E-state index in [9.17, 15) is 13.9 Å². The van der Waals surface area contributed by atoms with E-state index in [1.165, 1.54) is 0 Å². The average Bonchev–Trinajstić information content (AvgIpc) is 2.48. The molecule has 3 atom stereocenters. The fraction of sp³-hybridized carbons (Fsp3) is 1.00. The molecule has 0 aromatic carbocycles. The minimum atomic E-state index is -2.59. The molecule has 0 aliphatic heterocycles. The molecule has 0 spiro atoms. The lowest BCUT2D eigenvalue weighted by Crippen LogP contribution is -2.35. The first-order chi connectivity index (χ1) is 6.34. The molecule has 14 heavy (non-hydrogen) atoms. The van der Waals surface area contributed by atoms with Crippen LogP contribution in [0.5, 0.6) is 0 Å². The molecule has 1 aliphatic rings. The van der Waals surface area contributed by atoms with Gasteiger partial charge in [-0.3, -0.25) is 0 Å². The molecule has 1 N–H and O–H groups in total. The van der Waals surface area contributed by atoms with Crippen molar-refractivity contribution in [1.82, 2.24) is 0 Å². The summed E-state index contributed by atoms with van der Waals surface area (Å²) < 4.78 is 24.8. The highest BCUT2D eigenvalue weighted by molar-refractivity contribution is 4.89. The lowest BCUT2D eigenvalue weighted by molar-refractivity contribution is -0.0601. The maximum absolute atomic E-state index is 12.4. The SMILES string of the molecule is CC(C)(C)C1CCCC1C(O)C(F)F. The van der Waals surface area contributed by atoms with Crippen LogP contribution in [0.4, 0.5) is 8.78 Å². The van der Waals surface area contributed by atoms with Crippen molar-refractivity contribution in [2.24, 2.45) is 17.3 Å². The number of alkyl halides is 2. The van der Waals surface area contributed by atoms with Gasteiger partial charge in [-0.1, -0.05) is 27.2 Å². The molecule has 1 aliphatic carbocycles. The zero-order chi connectivity index (χ0) is 10.9. The lowest BCUT2D eigenvalue weighted by Gasteiger charge is -2.34. The van der Waals surface area contributed by atoms with Crippen molar-refractivity contribution in [2.45, 2.75) is 52.6 Å². The van der Waals surface area contributed by atoms with E-state index < -0.39 is 12.5 Å². The maximum Gasteiger partial charge on any atom is 0.264 e. The highest BCUT2D eigenvalue weighted by Gasteiger charge is 2.42. The molecule has 0 heterocycles. The van der Waals surface area contributed by atoms with Crippen molar-refractivity contribution >= 4 is 0 Å². The summed E-state index contributed by atoms with van der Waals surface area (Å²) in [5, 5.41) is 9.41. The molecular weight excluding hydrogens is 186 g/mol. The molecule has 1 nitrogen and oxygen atoms in total. The summed E-state index contributed by atoms with van der Waals surface area (Å²) in [5.74, 6) is 0.0153. The molecular formula is C11H20F2O. The number of hydrogen-bond acceptors (Lipinski definition) is 1. The molecule has 0 aromatic rings. The summed E-state index contributed by atoms with van der Waals surface area (Å²) in [4.78, 5) is 0. The summed E-state index contributed by atoms with van der Waals surface area (Å²) in [6.45, 7) is 6.19. The van der Waals surface area contributed by atoms with Crippen LogP contribution in [0.15, 0.2) is 0 Å². The van der Waals surface area contributed by atoms with Crippen LogP contribution in [0.25, 0.3) is 0 Å². The molecule has 3 heteroatoms. The quantitative estimate of drug-likeness (QED) is 0.736. The van der Waals surface area contributed by atoms with Crippen LogP contribution < -0.4 is 0 Å². The lowest BCUT2D eigenvalue weighted by atomic mass is 9.73. The van der Waals surface area contributed by atoms with Crippen molar-refractivity contribution in [3.05, 3.63) is 0 Å². The minimum Gasteiger partial charge on any atom is -0.387 e. The maximum atomic E-state index is 12.4. The van der Waals surface area contributed by atoms with E-state index in [-0.39, 0.29) is 17.3 Å². The Morgan fingerprint density at radius 1 is 1.21 bits per heavy atom. The molecule has 0 radical (unpaired) electrons. The van der Waals surface area contributed by atoms with Crippen molar-refractivity contribution in [3.63, 3.8) is 0 Å². The molecule has 3 unspecified atom stereocenters. The normalized spacial score (nSPS) is 31.1. The second kappa shape index (κ2) is 4.13. The third kappa shape index (κ3) is 2.44. The van der Waals surface area contributed by atoms with Crippen LogP contribution in [0, 0.1) is 17.3 Å². The number of hydrogen-bond donors (Lipinski definition) is 1. The standard InChI is InChI=1S/C11H20F2O/c1-11(2,3)8-6-4-5-7(8)9(14)10(12)13/h7-10,14H,4-6H2,1-3H3. The van der Waals surface area contributed by atoms with Gasteiger partial charge in [0.1, 0.15) is 6.10 Å². The Morgan fingerprint density at radius 3 is 2.21 bits per heavy atom. The fourth-order valence-electron chi connectivity index (χ4n) is 2.66. The molecule has 1 fully saturated rings. The van der Waals surface area contributed by atoms with Crippen molar-refractivity contribution in [3.8, 4) is 0 Å². The van der Waals surface area contributed by atoms with Crippen LogP contribution in [-0.2, 0) is 0 Å². The second-order valence-electron chi connectivity index (χ2n) is 5.39. The minimum absolute atomic E-state index is 0.0248. The van der Waals surface area contributed by atoms with E-state index in [0.717, 1.165) is 19.3 Å². The van der Waals surface area contributed by atoms with Gasteiger partial charge in [-0.25, -0.2) is 8.78 Å². The van der Waals surface area contributed by atoms with E-state index in [1.54, 1.807) is 0 Å². The van der Waals surface area contributed by atoms with Gasteiger partial charge in [0.2, 0.25) is 0 Å². The Kier molecular flexibility index (Phi) is 3.51. The first kappa shape index (κ1) is 11.9. The van der Waals surface area contributed by atoms with Gasteiger partial charge < -0.3 is 5.11 Å². The van der Waals surface area contributed by atoms with Gasteiger partial charge in [0.15, 0.2) is 0 Å². The van der Waals surface area contributed by atoms with Gasteiger partial charge in [0.05, 0.1) is 0 Å². The Hall–Kier alpha value is -0.180. The van der Waals surface area contributed by atoms with Crippen LogP contribution in [0.2, 0.25) is 0 Å². The fourth-order valence-corrected chi connectivity index (χ4v) is 2.66. The zero-order valence-corrected chi connectivity index (χ0v) is 9.13. The summed E-state index contributed by atoms with van der Waals surface area (Å²) in [7, 11) is 0. The van der Waals surface area contributed by atoms with Crippen LogP contribution in [-0.4, -0.2) is 17.6 Å². The van der Waals surface area contributed by atoms with E-state index in [1.807, 2.05) is 0 Å². The summed E-state index contributed by atoms with van der Waals surface area (Å²) in [6.07, 6.45) is -1.34. The molecule has 0 saturated heterocycles. The van der Waals surface area contributed by atoms with Crippen LogP contribution >= 0.6 is 0 Å². The largest absolute Gasteiger partial charge is 0.387 e. The van der Waals surface area contributed by atoms with E-state index >= 15 is 0 Å². The zero-order valence-electron chi connectivity index (χ0n) is 9.13. The molecule has 0 bridgehead atoms. The molecule has 1 rings (SSSR count). The van der Waals surface area contributed by atoms with Crippen molar-refractivity contribution in [2.75, 3.05) is 0 Å². The van der Waals surface area contributed by atoms with Gasteiger partial charge in [-0.2, -0.15) is 0 Å². The third-order valence-electron chi connectivity index (χ3n) is 3.38. The Morgan fingerprint density at radius 2 is 1.79 bits per heavy atom. The summed E-state index contributed by atoms with van der Waals surface area (Å²) >= 11 is 0. The summed E-state index contributed by atoms with van der Waals surface area (Å²) in [5.41, 5.74) is 0.0248. The number of halogens is 2. The summed E-state index contributed by atoms with van der Waals surface area (Å²) in [6, 6.07) is 0. The topological polar surface area (TPSA) is 20.2 Å². The monoisotopic (exact) mass is 206 g/mol. The number of aliphatic hydroxyl groups is 1. The van der Waals surface area contributed by atoms with E-state index in [2.05, 4.69) is 20.8 Å². The van der Waals surface area contributed by atoms with Crippen LogP contribution in [0.3, 0.4) is 0 Å². The Labute approximate surface area is 84.5 Å². The van der Waals surface area contributed by atoms with E-state index in [4.69, 9.17) is 0 Å². The van der Waals surface area contributed by atoms with Crippen molar-refractivity contribution < 1.29 is 13.9 Å². The van der Waals surface area contributed by atoms with Gasteiger partial charge in [-0.05, 0) is 30.1 Å². The van der Waals surface area contributed by atoms with Gasteiger partial charge in [-0.15, -0.1) is 0 Å². The van der Waals surface area contributed by atoms with Gasteiger partial charge in [0, 0.05) is 0 Å². The molecule has 0 amide bonds. The predicted molar refractivity (Wildman–Crippen MR) is 52.3 cm³/mol. The first-order valence-corrected chi connectivity index (χ1v) is 5.30. The van der Waals surface area contributed by atoms with Crippen LogP contribution in [0.1, 0.15) is 40.0 Å². The Bertz CT molecular complexity index is 186. The highest BCUT2D eigenvalue weighted by Crippen LogP contribution is 2.45. The molecule has 84 valence electrons. The Balaban J connectivity index is 2.69. The molecule has 1 saturated carbocycles. The number of rotatable bonds is 2. The first-order valence-electron chi connectivity index (χ1n) is 5.30. The van der Waals surface area contributed by atoms with Crippen molar-refractivity contribution in [1.29, 1.82) is 0 Å². The van der Waals surface area contributed by atoms with E-state index in [0.29, 0.717) is 0 Å².